The molecule has 1 saturated heterocycles. The van der Waals surface area contributed by atoms with E-state index in [1.54, 1.807) is 12.1 Å². The van der Waals surface area contributed by atoms with E-state index in [9.17, 15) is 10.1 Å². The van der Waals surface area contributed by atoms with E-state index in [1.807, 2.05) is 11.8 Å². The summed E-state index contributed by atoms with van der Waals surface area (Å²) in [5.74, 6) is 6.11. The number of nitro benzene ring substituents is 1. The first kappa shape index (κ1) is 14.1. The Morgan fingerprint density at radius 1 is 1.63 bits per heavy atom. The van der Waals surface area contributed by atoms with Crippen molar-refractivity contribution in [2.24, 2.45) is 5.84 Å². The van der Waals surface area contributed by atoms with Crippen LogP contribution in [0.5, 0.6) is 0 Å². The summed E-state index contributed by atoms with van der Waals surface area (Å²) in [5, 5.41) is 11.3. The Bertz CT molecular complexity index is 470. The van der Waals surface area contributed by atoms with E-state index in [1.165, 1.54) is 6.07 Å². The Hall–Kier alpha value is -1.31. The summed E-state index contributed by atoms with van der Waals surface area (Å²) in [4.78, 5) is 10.3. The number of ether oxygens (including phenoxy) is 1. The largest absolute Gasteiger partial charge is 0.377 e. The molecule has 0 spiro atoms. The van der Waals surface area contributed by atoms with Crippen LogP contribution in [0, 0.1) is 10.1 Å². The maximum absolute atomic E-state index is 10.8. The highest BCUT2D eigenvalue weighted by Gasteiger charge is 2.24. The summed E-state index contributed by atoms with van der Waals surface area (Å²) in [6.45, 7) is 2.89. The number of hydrazine groups is 1. The standard InChI is InChI=1S/C12H17N3O3S/c1-8-12(4-5-18-8)19-7-9-2-3-11(15(16)17)10(6-9)14-13/h2-3,6,8,12,14H,4-5,7,13H2,1H3. The second-order valence-electron chi connectivity index (χ2n) is 4.47. The molecule has 1 aromatic rings. The van der Waals surface area contributed by atoms with Gasteiger partial charge in [-0.05, 0) is 25.0 Å². The van der Waals surface area contributed by atoms with Gasteiger partial charge in [-0.1, -0.05) is 6.07 Å². The first-order chi connectivity index (χ1) is 9.11. The van der Waals surface area contributed by atoms with Crippen LogP contribution in [0.2, 0.25) is 0 Å². The number of nitrogens with zero attached hydrogens (tertiary/aromatic N) is 1. The van der Waals surface area contributed by atoms with Crippen molar-refractivity contribution in [2.45, 2.75) is 30.5 Å². The molecular weight excluding hydrogens is 266 g/mol. The topological polar surface area (TPSA) is 90.4 Å². The number of nitrogens with one attached hydrogen (secondary N) is 1. The molecule has 0 aliphatic carbocycles. The molecule has 1 aromatic carbocycles. The van der Waals surface area contributed by atoms with Crippen LogP contribution in [0.4, 0.5) is 11.4 Å². The van der Waals surface area contributed by atoms with E-state index in [4.69, 9.17) is 10.6 Å². The molecule has 1 fully saturated rings. The van der Waals surface area contributed by atoms with Gasteiger partial charge in [0.25, 0.3) is 5.69 Å². The molecule has 19 heavy (non-hydrogen) atoms. The summed E-state index contributed by atoms with van der Waals surface area (Å²) >= 11 is 1.82. The van der Waals surface area contributed by atoms with Crippen LogP contribution >= 0.6 is 11.8 Å². The van der Waals surface area contributed by atoms with Gasteiger partial charge in [-0.25, -0.2) is 0 Å². The van der Waals surface area contributed by atoms with E-state index in [-0.39, 0.29) is 11.8 Å². The number of hydrogen-bond acceptors (Lipinski definition) is 6. The Morgan fingerprint density at radius 3 is 3.00 bits per heavy atom. The Labute approximate surface area is 115 Å². The van der Waals surface area contributed by atoms with E-state index >= 15 is 0 Å². The Morgan fingerprint density at radius 2 is 2.42 bits per heavy atom. The molecule has 1 heterocycles. The van der Waals surface area contributed by atoms with Gasteiger partial charge in [0.2, 0.25) is 0 Å². The predicted molar refractivity (Wildman–Crippen MR) is 76.0 cm³/mol. The third kappa shape index (κ3) is 3.37. The molecule has 104 valence electrons. The van der Waals surface area contributed by atoms with Gasteiger partial charge in [0, 0.05) is 23.7 Å². The first-order valence-corrected chi connectivity index (χ1v) is 7.14. The zero-order valence-corrected chi connectivity index (χ0v) is 11.5. The van der Waals surface area contributed by atoms with Crippen molar-refractivity contribution in [3.8, 4) is 0 Å². The summed E-state index contributed by atoms with van der Waals surface area (Å²) < 4.78 is 5.51. The van der Waals surface area contributed by atoms with Gasteiger partial charge in [-0.3, -0.25) is 16.0 Å². The lowest BCUT2D eigenvalue weighted by molar-refractivity contribution is -0.384. The molecule has 3 N–H and O–H groups in total. The molecule has 0 bridgehead atoms. The molecule has 0 amide bonds. The van der Waals surface area contributed by atoms with Crippen molar-refractivity contribution >= 4 is 23.1 Å². The molecule has 7 heteroatoms. The van der Waals surface area contributed by atoms with Crippen LogP contribution in [0.15, 0.2) is 18.2 Å². The van der Waals surface area contributed by atoms with Gasteiger partial charge < -0.3 is 10.2 Å². The van der Waals surface area contributed by atoms with Crippen molar-refractivity contribution in [2.75, 3.05) is 12.0 Å². The number of anilines is 1. The van der Waals surface area contributed by atoms with Gasteiger partial charge in [-0.15, -0.1) is 0 Å². The van der Waals surface area contributed by atoms with Crippen molar-refractivity contribution in [3.63, 3.8) is 0 Å². The fourth-order valence-corrected chi connectivity index (χ4v) is 3.28. The van der Waals surface area contributed by atoms with Gasteiger partial charge in [0.15, 0.2) is 0 Å². The molecule has 1 aliphatic heterocycles. The first-order valence-electron chi connectivity index (χ1n) is 6.09. The van der Waals surface area contributed by atoms with Gasteiger partial charge in [0.1, 0.15) is 5.69 Å². The van der Waals surface area contributed by atoms with Gasteiger partial charge in [0.05, 0.1) is 11.0 Å². The number of benzene rings is 1. The fraction of sp³-hybridized carbons (Fsp3) is 0.500. The maximum atomic E-state index is 10.8. The number of nitrogen functional groups attached to an aromatic ring is 1. The molecule has 1 aliphatic rings. The molecule has 6 nitrogen and oxygen atoms in total. The van der Waals surface area contributed by atoms with E-state index in [0.717, 1.165) is 24.3 Å². The number of rotatable bonds is 5. The van der Waals surface area contributed by atoms with Crippen LogP contribution in [-0.4, -0.2) is 22.9 Å². The van der Waals surface area contributed by atoms with Crippen LogP contribution in [0.1, 0.15) is 18.9 Å². The van der Waals surface area contributed by atoms with E-state index in [2.05, 4.69) is 12.3 Å². The molecule has 2 unspecified atom stereocenters. The quantitative estimate of drug-likeness (QED) is 0.489. The summed E-state index contributed by atoms with van der Waals surface area (Å²) in [7, 11) is 0. The highest BCUT2D eigenvalue weighted by molar-refractivity contribution is 7.99. The monoisotopic (exact) mass is 283 g/mol. The van der Waals surface area contributed by atoms with Crippen molar-refractivity contribution in [1.82, 2.24) is 0 Å². The average molecular weight is 283 g/mol. The lowest BCUT2D eigenvalue weighted by Crippen LogP contribution is -2.13. The Kier molecular flexibility index (Phi) is 4.62. The minimum Gasteiger partial charge on any atom is -0.377 e. The van der Waals surface area contributed by atoms with E-state index < -0.39 is 4.92 Å². The number of thioether (sulfide) groups is 1. The normalized spacial score (nSPS) is 22.4. The minimum absolute atomic E-state index is 0.00572. The molecular formula is C12H17N3O3S. The predicted octanol–water partition coefficient (Wildman–Crippen LogP) is 2.29. The number of hydrogen-bond donors (Lipinski definition) is 2. The van der Waals surface area contributed by atoms with Crippen molar-refractivity contribution in [3.05, 3.63) is 33.9 Å². The van der Waals surface area contributed by atoms with Crippen LogP contribution in [0.25, 0.3) is 0 Å². The summed E-state index contributed by atoms with van der Waals surface area (Å²) in [5.41, 5.74) is 3.74. The lowest BCUT2D eigenvalue weighted by atomic mass is 10.2. The number of nitro groups is 1. The third-order valence-electron chi connectivity index (χ3n) is 3.18. The lowest BCUT2D eigenvalue weighted by Gasteiger charge is -2.13. The summed E-state index contributed by atoms with van der Waals surface area (Å²) in [6.07, 6.45) is 1.33. The minimum atomic E-state index is -0.445. The maximum Gasteiger partial charge on any atom is 0.293 e. The summed E-state index contributed by atoms with van der Waals surface area (Å²) in [6, 6.07) is 4.98. The van der Waals surface area contributed by atoms with Crippen molar-refractivity contribution in [1.29, 1.82) is 0 Å². The highest BCUT2D eigenvalue weighted by Crippen LogP contribution is 2.31. The SMILES string of the molecule is CC1OCCC1SCc1ccc([N+](=O)[O-])c(NN)c1. The second-order valence-corrected chi connectivity index (χ2v) is 5.69. The van der Waals surface area contributed by atoms with Crippen LogP contribution in [0.3, 0.4) is 0 Å². The smallest absolute Gasteiger partial charge is 0.293 e. The van der Waals surface area contributed by atoms with E-state index in [0.29, 0.717) is 10.9 Å². The highest BCUT2D eigenvalue weighted by atomic mass is 32.2. The average Bonchev–Trinajstić information content (AvgIpc) is 2.81. The van der Waals surface area contributed by atoms with Crippen LogP contribution < -0.4 is 11.3 Å². The molecule has 0 aromatic heterocycles. The molecule has 0 radical (unpaired) electrons. The fourth-order valence-electron chi connectivity index (χ4n) is 2.08. The zero-order chi connectivity index (χ0) is 13.8. The molecule has 2 atom stereocenters. The second kappa shape index (κ2) is 6.23. The zero-order valence-electron chi connectivity index (χ0n) is 10.7. The molecule has 2 rings (SSSR count). The Balaban J connectivity index is 2.02. The van der Waals surface area contributed by atoms with Gasteiger partial charge >= 0.3 is 0 Å². The third-order valence-corrected chi connectivity index (χ3v) is 4.73. The van der Waals surface area contributed by atoms with Crippen molar-refractivity contribution < 1.29 is 9.66 Å². The van der Waals surface area contributed by atoms with Crippen LogP contribution in [-0.2, 0) is 10.5 Å². The number of nitrogens with two attached hydrogens (primary N) is 1. The molecule has 0 saturated carbocycles. The van der Waals surface area contributed by atoms with Gasteiger partial charge in [-0.2, -0.15) is 11.8 Å².